The average Bonchev–Trinajstić information content (AvgIpc) is 2.99. The van der Waals surface area contributed by atoms with E-state index in [0.29, 0.717) is 0 Å². The highest BCUT2D eigenvalue weighted by Gasteiger charge is 2.12. The maximum Gasteiger partial charge on any atom is 0.119 e. The van der Waals surface area contributed by atoms with Gasteiger partial charge in [-0.15, -0.1) is 12.4 Å². The van der Waals surface area contributed by atoms with Crippen molar-refractivity contribution in [3.05, 3.63) is 90.0 Å². The maximum absolute atomic E-state index is 10.0. The van der Waals surface area contributed by atoms with Crippen LogP contribution in [0.3, 0.4) is 0 Å². The smallest absolute Gasteiger partial charge is 0.119 e. The van der Waals surface area contributed by atoms with Gasteiger partial charge in [0.15, 0.2) is 0 Å². The Kier molecular flexibility index (Phi) is 14.0. The lowest BCUT2D eigenvalue weighted by Gasteiger charge is -2.21. The lowest BCUT2D eigenvalue weighted by molar-refractivity contribution is 0.256. The standard InChI is InChI=1S/C37H47NO3.ClH/c1-3-5-23-38(24-6-4-2)25-9-7-8-10-26-41-34-19-11-29(12-20-34)27-37-35(30-13-16-32(39)17-14-30)21-15-31-28-33(40)18-22-36(31)37;/h11-22,28,39-40H,3-10,23-27H2,1-2H3;1H. The molecule has 0 aliphatic heterocycles. The fourth-order valence-corrected chi connectivity index (χ4v) is 5.47. The van der Waals surface area contributed by atoms with Crippen LogP contribution in [0.1, 0.15) is 76.3 Å². The van der Waals surface area contributed by atoms with Gasteiger partial charge in [0, 0.05) is 0 Å². The molecular weight excluding hydrogens is 542 g/mol. The first-order chi connectivity index (χ1) is 20.1. The molecule has 4 rings (SSSR count). The molecule has 4 aromatic rings. The normalized spacial score (nSPS) is 11.1. The van der Waals surface area contributed by atoms with E-state index in [2.05, 4.69) is 49.1 Å². The molecule has 0 aliphatic carbocycles. The van der Waals surface area contributed by atoms with Gasteiger partial charge in [0.25, 0.3) is 0 Å². The number of rotatable bonds is 17. The fraction of sp³-hybridized carbons (Fsp3) is 0.405. The van der Waals surface area contributed by atoms with Gasteiger partial charge in [0.2, 0.25) is 0 Å². The first-order valence-corrected chi connectivity index (χ1v) is 15.6. The van der Waals surface area contributed by atoms with Crippen molar-refractivity contribution in [3.63, 3.8) is 0 Å². The molecule has 0 heterocycles. The molecule has 0 saturated carbocycles. The van der Waals surface area contributed by atoms with E-state index in [1.807, 2.05) is 30.3 Å². The summed E-state index contributed by atoms with van der Waals surface area (Å²) in [5, 5.41) is 21.9. The Morgan fingerprint density at radius 3 is 1.98 bits per heavy atom. The molecule has 4 nitrogen and oxygen atoms in total. The van der Waals surface area contributed by atoms with Gasteiger partial charge in [-0.25, -0.2) is 0 Å². The van der Waals surface area contributed by atoms with Crippen LogP contribution in [0.2, 0.25) is 0 Å². The van der Waals surface area contributed by atoms with Crippen LogP contribution < -0.4 is 4.74 Å². The van der Waals surface area contributed by atoms with Crippen LogP contribution >= 0.6 is 12.4 Å². The number of fused-ring (bicyclic) bond motifs is 1. The first kappa shape index (κ1) is 33.3. The summed E-state index contributed by atoms with van der Waals surface area (Å²) in [5.41, 5.74) is 4.59. The largest absolute Gasteiger partial charge is 0.508 e. The molecule has 0 fully saturated rings. The lowest BCUT2D eigenvalue weighted by atomic mass is 9.90. The van der Waals surface area contributed by atoms with E-state index in [1.165, 1.54) is 75.7 Å². The van der Waals surface area contributed by atoms with E-state index in [1.54, 1.807) is 18.2 Å². The van der Waals surface area contributed by atoms with E-state index in [4.69, 9.17) is 4.74 Å². The van der Waals surface area contributed by atoms with Gasteiger partial charge < -0.3 is 19.8 Å². The Hall–Kier alpha value is -3.21. The molecule has 42 heavy (non-hydrogen) atoms. The summed E-state index contributed by atoms with van der Waals surface area (Å²) in [5.74, 6) is 1.44. The molecule has 0 radical (unpaired) electrons. The number of phenols is 2. The monoisotopic (exact) mass is 589 g/mol. The van der Waals surface area contributed by atoms with Gasteiger partial charge in [0.1, 0.15) is 17.2 Å². The zero-order valence-corrected chi connectivity index (χ0v) is 26.2. The molecule has 0 saturated heterocycles. The van der Waals surface area contributed by atoms with Crippen molar-refractivity contribution in [2.24, 2.45) is 0 Å². The second kappa shape index (κ2) is 17.7. The SMILES string of the molecule is CCCCN(CCCC)CCCCCCOc1ccc(Cc2c(-c3ccc(O)cc3)ccc3cc(O)ccc23)cc1.Cl. The van der Waals surface area contributed by atoms with Gasteiger partial charge >= 0.3 is 0 Å². The summed E-state index contributed by atoms with van der Waals surface area (Å²) in [6.07, 6.45) is 10.8. The van der Waals surface area contributed by atoms with Crippen LogP contribution in [0.15, 0.2) is 78.9 Å². The molecule has 0 aliphatic rings. The highest BCUT2D eigenvalue weighted by molar-refractivity contribution is 5.93. The highest BCUT2D eigenvalue weighted by Crippen LogP contribution is 2.34. The van der Waals surface area contributed by atoms with Gasteiger partial charge in [-0.3, -0.25) is 0 Å². The van der Waals surface area contributed by atoms with Gasteiger partial charge in [-0.05, 0) is 121 Å². The topological polar surface area (TPSA) is 52.9 Å². The Balaban J connectivity index is 0.00000484. The number of nitrogens with zero attached hydrogens (tertiary/aromatic N) is 1. The minimum absolute atomic E-state index is 0. The van der Waals surface area contributed by atoms with Crippen molar-refractivity contribution < 1.29 is 14.9 Å². The number of benzene rings is 4. The van der Waals surface area contributed by atoms with Crippen molar-refractivity contribution >= 4 is 23.2 Å². The van der Waals surface area contributed by atoms with E-state index in [-0.39, 0.29) is 23.9 Å². The molecule has 2 N–H and O–H groups in total. The second-order valence-electron chi connectivity index (χ2n) is 11.2. The first-order valence-electron chi connectivity index (χ1n) is 15.6. The number of hydrogen-bond donors (Lipinski definition) is 2. The van der Waals surface area contributed by atoms with Crippen LogP contribution in [-0.4, -0.2) is 41.4 Å². The molecule has 0 amide bonds. The highest BCUT2D eigenvalue weighted by atomic mass is 35.5. The molecule has 0 spiro atoms. The molecular formula is C37H48ClNO3. The summed E-state index contributed by atoms with van der Waals surface area (Å²) >= 11 is 0. The van der Waals surface area contributed by atoms with Crippen LogP contribution in [0.4, 0.5) is 0 Å². The molecule has 0 atom stereocenters. The number of unbranched alkanes of at least 4 members (excludes halogenated alkanes) is 5. The summed E-state index contributed by atoms with van der Waals surface area (Å²) in [6.45, 7) is 9.04. The lowest BCUT2D eigenvalue weighted by Crippen LogP contribution is -2.27. The molecule has 4 aromatic carbocycles. The van der Waals surface area contributed by atoms with Gasteiger partial charge in [-0.1, -0.05) is 82.0 Å². The minimum Gasteiger partial charge on any atom is -0.508 e. The third-order valence-electron chi connectivity index (χ3n) is 7.89. The Morgan fingerprint density at radius 2 is 1.29 bits per heavy atom. The summed E-state index contributed by atoms with van der Waals surface area (Å²) in [4.78, 5) is 2.65. The summed E-state index contributed by atoms with van der Waals surface area (Å²) < 4.78 is 6.07. The minimum atomic E-state index is 0. The van der Waals surface area contributed by atoms with Crippen molar-refractivity contribution in [1.29, 1.82) is 0 Å². The zero-order valence-electron chi connectivity index (χ0n) is 25.4. The quantitative estimate of drug-likeness (QED) is 0.120. The predicted octanol–water partition coefficient (Wildman–Crippen LogP) is 9.77. The van der Waals surface area contributed by atoms with Crippen molar-refractivity contribution in [2.75, 3.05) is 26.2 Å². The van der Waals surface area contributed by atoms with Crippen molar-refractivity contribution in [3.8, 4) is 28.4 Å². The molecule has 5 heteroatoms. The van der Waals surface area contributed by atoms with E-state index >= 15 is 0 Å². The second-order valence-corrected chi connectivity index (χ2v) is 11.2. The maximum atomic E-state index is 10.0. The van der Waals surface area contributed by atoms with E-state index in [0.717, 1.165) is 47.1 Å². The predicted molar refractivity (Wildman–Crippen MR) is 179 cm³/mol. The fourth-order valence-electron chi connectivity index (χ4n) is 5.47. The molecule has 0 bridgehead atoms. The average molecular weight is 590 g/mol. The molecule has 0 unspecified atom stereocenters. The molecule has 226 valence electrons. The number of aromatic hydroxyl groups is 2. The summed E-state index contributed by atoms with van der Waals surface area (Å²) in [7, 11) is 0. The third kappa shape index (κ3) is 9.96. The van der Waals surface area contributed by atoms with Crippen LogP contribution in [-0.2, 0) is 6.42 Å². The Labute approximate surface area is 258 Å². The van der Waals surface area contributed by atoms with E-state index in [9.17, 15) is 10.2 Å². The number of ether oxygens (including phenoxy) is 1. The third-order valence-corrected chi connectivity index (χ3v) is 7.89. The van der Waals surface area contributed by atoms with Gasteiger partial charge in [-0.2, -0.15) is 0 Å². The molecule has 0 aromatic heterocycles. The van der Waals surface area contributed by atoms with Crippen molar-refractivity contribution in [1.82, 2.24) is 4.90 Å². The van der Waals surface area contributed by atoms with E-state index < -0.39 is 0 Å². The number of phenolic OH excluding ortho intramolecular Hbond substituents is 2. The Morgan fingerprint density at radius 1 is 0.643 bits per heavy atom. The van der Waals surface area contributed by atoms with Crippen LogP contribution in [0.25, 0.3) is 21.9 Å². The number of halogens is 1. The Bertz CT molecular complexity index is 1330. The van der Waals surface area contributed by atoms with Crippen molar-refractivity contribution in [2.45, 2.75) is 71.6 Å². The van der Waals surface area contributed by atoms with Crippen LogP contribution in [0, 0.1) is 0 Å². The summed E-state index contributed by atoms with van der Waals surface area (Å²) in [6, 6.07) is 25.5. The van der Waals surface area contributed by atoms with Crippen LogP contribution in [0.5, 0.6) is 17.2 Å². The van der Waals surface area contributed by atoms with Gasteiger partial charge in [0.05, 0.1) is 6.61 Å². The number of hydrogen-bond acceptors (Lipinski definition) is 4. The zero-order chi connectivity index (χ0) is 28.9.